The Labute approximate surface area is 120 Å². The lowest BCUT2D eigenvalue weighted by molar-refractivity contribution is 0.515. The Morgan fingerprint density at radius 2 is 2.00 bits per heavy atom. The molecule has 21 heavy (non-hydrogen) atoms. The zero-order chi connectivity index (χ0) is 14.4. The molecule has 1 aliphatic heterocycles. The van der Waals surface area contributed by atoms with E-state index < -0.39 is 11.6 Å². The number of nitrogens with zero attached hydrogens (tertiary/aromatic N) is 1. The molecule has 4 rings (SSSR count). The van der Waals surface area contributed by atoms with Crippen LogP contribution in [-0.2, 0) is 6.42 Å². The summed E-state index contributed by atoms with van der Waals surface area (Å²) in [4.78, 5) is 7.29. The molecule has 3 nitrogen and oxygen atoms in total. The molecule has 1 atom stereocenters. The zero-order valence-corrected chi connectivity index (χ0v) is 11.2. The van der Waals surface area contributed by atoms with E-state index in [4.69, 9.17) is 0 Å². The highest BCUT2D eigenvalue weighted by atomic mass is 19.2. The van der Waals surface area contributed by atoms with Crippen LogP contribution in [0.1, 0.15) is 17.3 Å². The van der Waals surface area contributed by atoms with Gasteiger partial charge in [0.15, 0.2) is 11.6 Å². The second-order valence-electron chi connectivity index (χ2n) is 5.31. The molecule has 2 N–H and O–H groups in total. The standard InChI is InChI=1S/C16H13F2N3/c17-11-5-6-13-16(15(11)18)21-14(20-13)7-9-8-19-12-4-2-1-3-10(9)12/h1-6,9,19H,7-8H2,(H,20,21). The molecule has 2 heterocycles. The summed E-state index contributed by atoms with van der Waals surface area (Å²) in [6, 6.07) is 10.8. The molecule has 0 spiro atoms. The largest absolute Gasteiger partial charge is 0.384 e. The van der Waals surface area contributed by atoms with Crippen LogP contribution in [0.2, 0.25) is 0 Å². The number of para-hydroxylation sites is 1. The van der Waals surface area contributed by atoms with Crippen LogP contribution >= 0.6 is 0 Å². The summed E-state index contributed by atoms with van der Waals surface area (Å²) >= 11 is 0. The summed E-state index contributed by atoms with van der Waals surface area (Å²) < 4.78 is 26.9. The van der Waals surface area contributed by atoms with E-state index in [0.717, 1.165) is 18.3 Å². The number of halogens is 2. The molecule has 3 aromatic rings. The highest BCUT2D eigenvalue weighted by molar-refractivity contribution is 5.75. The van der Waals surface area contributed by atoms with E-state index >= 15 is 0 Å². The molecular formula is C16H13F2N3. The van der Waals surface area contributed by atoms with E-state index in [-0.39, 0.29) is 11.4 Å². The number of aromatic nitrogens is 2. The van der Waals surface area contributed by atoms with Gasteiger partial charge in [0.2, 0.25) is 0 Å². The summed E-state index contributed by atoms with van der Waals surface area (Å²) in [6.07, 6.45) is 0.666. The maximum atomic E-state index is 13.7. The average molecular weight is 285 g/mol. The number of anilines is 1. The van der Waals surface area contributed by atoms with Crippen molar-refractivity contribution in [2.45, 2.75) is 12.3 Å². The SMILES string of the molecule is Fc1ccc2[nH]c(CC3CNc4ccccc43)nc2c1F. The molecule has 1 unspecified atom stereocenters. The second kappa shape index (κ2) is 4.55. The molecule has 2 aromatic carbocycles. The molecule has 0 fully saturated rings. The minimum Gasteiger partial charge on any atom is -0.384 e. The quantitative estimate of drug-likeness (QED) is 0.755. The van der Waals surface area contributed by atoms with Gasteiger partial charge in [-0.05, 0) is 23.8 Å². The van der Waals surface area contributed by atoms with Crippen molar-refractivity contribution in [1.82, 2.24) is 9.97 Å². The fourth-order valence-corrected chi connectivity index (χ4v) is 2.94. The molecule has 0 radical (unpaired) electrons. The van der Waals surface area contributed by atoms with Crippen LogP contribution in [0.4, 0.5) is 14.5 Å². The van der Waals surface area contributed by atoms with Gasteiger partial charge in [-0.3, -0.25) is 0 Å². The number of rotatable bonds is 2. The number of hydrogen-bond acceptors (Lipinski definition) is 2. The van der Waals surface area contributed by atoms with Gasteiger partial charge in [0.05, 0.1) is 5.52 Å². The third-order valence-electron chi connectivity index (χ3n) is 3.97. The fraction of sp³-hybridized carbons (Fsp3) is 0.188. The predicted molar refractivity (Wildman–Crippen MR) is 77.4 cm³/mol. The Morgan fingerprint density at radius 1 is 1.14 bits per heavy atom. The second-order valence-corrected chi connectivity index (χ2v) is 5.31. The first-order valence-electron chi connectivity index (χ1n) is 6.88. The van der Waals surface area contributed by atoms with Gasteiger partial charge < -0.3 is 10.3 Å². The van der Waals surface area contributed by atoms with E-state index in [1.54, 1.807) is 0 Å². The lowest BCUT2D eigenvalue weighted by Crippen LogP contribution is -2.06. The summed E-state index contributed by atoms with van der Waals surface area (Å²) in [5.41, 5.74) is 2.98. The smallest absolute Gasteiger partial charge is 0.186 e. The summed E-state index contributed by atoms with van der Waals surface area (Å²) in [6.45, 7) is 0.827. The van der Waals surface area contributed by atoms with Gasteiger partial charge in [-0.25, -0.2) is 13.8 Å². The van der Waals surface area contributed by atoms with Crippen molar-refractivity contribution >= 4 is 16.7 Å². The Bertz CT molecular complexity index is 826. The van der Waals surface area contributed by atoms with Crippen LogP contribution in [-0.4, -0.2) is 16.5 Å². The first-order chi connectivity index (χ1) is 10.2. The van der Waals surface area contributed by atoms with Crippen LogP contribution < -0.4 is 5.32 Å². The van der Waals surface area contributed by atoms with Crippen molar-refractivity contribution in [1.29, 1.82) is 0 Å². The van der Waals surface area contributed by atoms with E-state index in [1.807, 2.05) is 18.2 Å². The molecule has 1 aromatic heterocycles. The van der Waals surface area contributed by atoms with E-state index in [1.165, 1.54) is 11.6 Å². The van der Waals surface area contributed by atoms with Gasteiger partial charge >= 0.3 is 0 Å². The minimum absolute atomic E-state index is 0.0734. The number of aromatic amines is 1. The number of imidazole rings is 1. The van der Waals surface area contributed by atoms with E-state index in [9.17, 15) is 8.78 Å². The molecule has 0 amide bonds. The molecule has 0 saturated heterocycles. The Balaban J connectivity index is 1.68. The minimum atomic E-state index is -0.889. The van der Waals surface area contributed by atoms with E-state index in [0.29, 0.717) is 17.8 Å². The third-order valence-corrected chi connectivity index (χ3v) is 3.97. The molecular weight excluding hydrogens is 272 g/mol. The van der Waals surface area contributed by atoms with Crippen LogP contribution in [0.3, 0.4) is 0 Å². The van der Waals surface area contributed by atoms with Crippen LogP contribution in [0.25, 0.3) is 11.0 Å². The van der Waals surface area contributed by atoms with Crippen molar-refractivity contribution < 1.29 is 8.78 Å². The highest BCUT2D eigenvalue weighted by Gasteiger charge is 2.23. The first kappa shape index (κ1) is 12.3. The molecule has 5 heteroatoms. The molecule has 0 aliphatic carbocycles. The fourth-order valence-electron chi connectivity index (χ4n) is 2.94. The normalized spacial score (nSPS) is 17.0. The Kier molecular flexibility index (Phi) is 2.67. The average Bonchev–Trinajstić information content (AvgIpc) is 3.09. The van der Waals surface area contributed by atoms with Crippen LogP contribution in [0.5, 0.6) is 0 Å². The zero-order valence-electron chi connectivity index (χ0n) is 11.2. The molecule has 106 valence electrons. The Morgan fingerprint density at radius 3 is 2.90 bits per heavy atom. The lowest BCUT2D eigenvalue weighted by Gasteiger charge is -2.07. The van der Waals surface area contributed by atoms with Crippen molar-refractivity contribution in [3.8, 4) is 0 Å². The predicted octanol–water partition coefficient (Wildman–Crippen LogP) is 3.59. The van der Waals surface area contributed by atoms with Crippen molar-refractivity contribution in [3.05, 3.63) is 59.4 Å². The van der Waals surface area contributed by atoms with Gasteiger partial charge in [0, 0.05) is 24.6 Å². The van der Waals surface area contributed by atoms with Gasteiger partial charge in [-0.15, -0.1) is 0 Å². The van der Waals surface area contributed by atoms with Crippen molar-refractivity contribution in [2.75, 3.05) is 11.9 Å². The van der Waals surface area contributed by atoms with Gasteiger partial charge in [0.25, 0.3) is 0 Å². The third kappa shape index (κ3) is 1.96. The number of benzene rings is 2. The maximum Gasteiger partial charge on any atom is 0.186 e. The van der Waals surface area contributed by atoms with Crippen LogP contribution in [0, 0.1) is 11.6 Å². The molecule has 0 saturated carbocycles. The topological polar surface area (TPSA) is 40.7 Å². The highest BCUT2D eigenvalue weighted by Crippen LogP contribution is 2.33. The monoisotopic (exact) mass is 285 g/mol. The number of H-pyrrole nitrogens is 1. The molecule has 1 aliphatic rings. The first-order valence-corrected chi connectivity index (χ1v) is 6.88. The van der Waals surface area contributed by atoms with E-state index in [2.05, 4.69) is 21.4 Å². The lowest BCUT2D eigenvalue weighted by atomic mass is 9.98. The number of nitrogens with one attached hydrogen (secondary N) is 2. The molecule has 0 bridgehead atoms. The summed E-state index contributed by atoms with van der Waals surface area (Å²) in [5.74, 6) is -0.791. The van der Waals surface area contributed by atoms with Crippen molar-refractivity contribution in [3.63, 3.8) is 0 Å². The maximum absolute atomic E-state index is 13.7. The van der Waals surface area contributed by atoms with Gasteiger partial charge in [-0.1, -0.05) is 18.2 Å². The van der Waals surface area contributed by atoms with Crippen molar-refractivity contribution in [2.24, 2.45) is 0 Å². The van der Waals surface area contributed by atoms with Gasteiger partial charge in [-0.2, -0.15) is 0 Å². The van der Waals surface area contributed by atoms with Crippen LogP contribution in [0.15, 0.2) is 36.4 Å². The Hall–Kier alpha value is -2.43. The number of fused-ring (bicyclic) bond motifs is 2. The number of hydrogen-bond donors (Lipinski definition) is 2. The summed E-state index contributed by atoms with van der Waals surface area (Å²) in [7, 11) is 0. The summed E-state index contributed by atoms with van der Waals surface area (Å²) in [5, 5.41) is 3.35. The van der Waals surface area contributed by atoms with Gasteiger partial charge in [0.1, 0.15) is 11.3 Å².